The number of carbonyl (C=O) groups excluding carboxylic acids is 2. The summed E-state index contributed by atoms with van der Waals surface area (Å²) in [6.45, 7) is 1.58. The molecule has 17 heavy (non-hydrogen) atoms. The lowest BCUT2D eigenvalue weighted by Crippen LogP contribution is -2.43. The number of amides is 2. The van der Waals surface area contributed by atoms with E-state index in [1.165, 1.54) is 12.4 Å². The van der Waals surface area contributed by atoms with Gasteiger partial charge in [-0.25, -0.2) is 9.97 Å². The number of aliphatic hydroxyl groups excluding tert-OH is 1. The zero-order valence-corrected chi connectivity index (χ0v) is 9.38. The molecule has 0 saturated heterocycles. The van der Waals surface area contributed by atoms with Gasteiger partial charge in [-0.1, -0.05) is 6.92 Å². The predicted octanol–water partition coefficient (Wildman–Crippen LogP) is -0.698. The summed E-state index contributed by atoms with van der Waals surface area (Å²) in [6.07, 6.45) is 3.43. The highest BCUT2D eigenvalue weighted by Crippen LogP contribution is 1.94. The van der Waals surface area contributed by atoms with Crippen molar-refractivity contribution < 1.29 is 14.7 Å². The minimum atomic E-state index is -0.858. The summed E-state index contributed by atoms with van der Waals surface area (Å²) in [4.78, 5) is 30.3. The van der Waals surface area contributed by atoms with E-state index in [2.05, 4.69) is 20.6 Å². The van der Waals surface area contributed by atoms with Crippen LogP contribution in [0.2, 0.25) is 0 Å². The highest BCUT2D eigenvalue weighted by molar-refractivity contribution is 6.39. The van der Waals surface area contributed by atoms with Gasteiger partial charge in [0.2, 0.25) is 5.95 Å². The van der Waals surface area contributed by atoms with Gasteiger partial charge in [-0.15, -0.1) is 0 Å². The van der Waals surface area contributed by atoms with E-state index < -0.39 is 17.9 Å². The maximum absolute atomic E-state index is 11.4. The van der Waals surface area contributed by atoms with E-state index in [1.54, 1.807) is 13.0 Å². The molecule has 0 spiro atoms. The zero-order chi connectivity index (χ0) is 12.7. The van der Waals surface area contributed by atoms with E-state index in [1.807, 2.05) is 0 Å². The van der Waals surface area contributed by atoms with Gasteiger partial charge in [0.1, 0.15) is 0 Å². The van der Waals surface area contributed by atoms with Crippen molar-refractivity contribution in [2.24, 2.45) is 0 Å². The molecule has 0 saturated carbocycles. The SMILES string of the molecule is CCC(CO)NC(=O)C(=O)Nc1ncccn1. The molecule has 1 rings (SSSR count). The van der Waals surface area contributed by atoms with Gasteiger partial charge >= 0.3 is 11.8 Å². The third-order valence-electron chi connectivity index (χ3n) is 2.05. The minimum Gasteiger partial charge on any atom is -0.394 e. The maximum Gasteiger partial charge on any atom is 0.316 e. The third-order valence-corrected chi connectivity index (χ3v) is 2.05. The second-order valence-corrected chi connectivity index (χ2v) is 3.29. The molecule has 1 unspecified atom stereocenters. The molecule has 0 aromatic carbocycles. The maximum atomic E-state index is 11.4. The fourth-order valence-corrected chi connectivity index (χ4v) is 1.05. The first-order valence-electron chi connectivity index (χ1n) is 5.17. The number of rotatable bonds is 4. The van der Waals surface area contributed by atoms with Crippen LogP contribution in [0.25, 0.3) is 0 Å². The van der Waals surface area contributed by atoms with E-state index in [-0.39, 0.29) is 12.6 Å². The summed E-state index contributed by atoms with van der Waals surface area (Å²) in [5.74, 6) is -1.62. The van der Waals surface area contributed by atoms with Gasteiger partial charge in [0.05, 0.1) is 12.6 Å². The van der Waals surface area contributed by atoms with Crippen LogP contribution < -0.4 is 10.6 Å². The van der Waals surface area contributed by atoms with Crippen molar-refractivity contribution in [3.8, 4) is 0 Å². The van der Waals surface area contributed by atoms with E-state index >= 15 is 0 Å². The molecule has 1 atom stereocenters. The molecule has 1 aromatic heterocycles. The number of aromatic nitrogens is 2. The lowest BCUT2D eigenvalue weighted by molar-refractivity contribution is -0.136. The minimum absolute atomic E-state index is 0.0599. The largest absolute Gasteiger partial charge is 0.394 e. The number of anilines is 1. The van der Waals surface area contributed by atoms with Crippen LogP contribution >= 0.6 is 0 Å². The van der Waals surface area contributed by atoms with Crippen LogP contribution in [0.4, 0.5) is 5.95 Å². The Morgan fingerprint density at radius 1 is 1.35 bits per heavy atom. The summed E-state index contributed by atoms with van der Waals surface area (Å²) >= 11 is 0. The van der Waals surface area contributed by atoms with Crippen molar-refractivity contribution >= 4 is 17.8 Å². The number of nitrogens with zero attached hydrogens (tertiary/aromatic N) is 2. The second kappa shape index (κ2) is 6.54. The molecule has 7 nitrogen and oxygen atoms in total. The van der Waals surface area contributed by atoms with Crippen molar-refractivity contribution in [2.75, 3.05) is 11.9 Å². The summed E-state index contributed by atoms with van der Waals surface area (Å²) in [5, 5.41) is 13.5. The first-order chi connectivity index (χ1) is 8.17. The van der Waals surface area contributed by atoms with Crippen molar-refractivity contribution in [1.82, 2.24) is 15.3 Å². The van der Waals surface area contributed by atoms with Gasteiger partial charge in [0.25, 0.3) is 0 Å². The Bertz CT molecular complexity index is 378. The summed E-state index contributed by atoms with van der Waals surface area (Å²) in [5.41, 5.74) is 0. The highest BCUT2D eigenvalue weighted by Gasteiger charge is 2.17. The molecule has 92 valence electrons. The molecular weight excluding hydrogens is 224 g/mol. The molecule has 0 aliphatic heterocycles. The molecule has 0 bridgehead atoms. The average molecular weight is 238 g/mol. The second-order valence-electron chi connectivity index (χ2n) is 3.29. The van der Waals surface area contributed by atoms with Crippen molar-refractivity contribution in [3.05, 3.63) is 18.5 Å². The normalized spacial score (nSPS) is 11.6. The third kappa shape index (κ3) is 4.15. The van der Waals surface area contributed by atoms with Crippen LogP contribution in [-0.2, 0) is 9.59 Å². The Morgan fingerprint density at radius 3 is 2.53 bits per heavy atom. The molecule has 7 heteroatoms. The zero-order valence-electron chi connectivity index (χ0n) is 9.38. The first-order valence-corrected chi connectivity index (χ1v) is 5.17. The number of aliphatic hydroxyl groups is 1. The molecule has 1 heterocycles. The summed E-state index contributed by atoms with van der Waals surface area (Å²) in [6, 6.07) is 1.17. The van der Waals surface area contributed by atoms with Gasteiger partial charge < -0.3 is 10.4 Å². The van der Waals surface area contributed by atoms with E-state index in [9.17, 15) is 9.59 Å². The predicted molar refractivity (Wildman–Crippen MR) is 60.0 cm³/mol. The van der Waals surface area contributed by atoms with Gasteiger partial charge in [-0.05, 0) is 12.5 Å². The Kier molecular flexibility index (Phi) is 5.02. The van der Waals surface area contributed by atoms with Gasteiger partial charge in [0.15, 0.2) is 0 Å². The van der Waals surface area contributed by atoms with Crippen molar-refractivity contribution in [3.63, 3.8) is 0 Å². The van der Waals surface area contributed by atoms with E-state index in [0.717, 1.165) is 0 Å². The van der Waals surface area contributed by atoms with Crippen LogP contribution in [0.15, 0.2) is 18.5 Å². The molecular formula is C10H14N4O3. The van der Waals surface area contributed by atoms with Gasteiger partial charge in [0, 0.05) is 12.4 Å². The first kappa shape index (κ1) is 13.0. The molecule has 0 aliphatic carbocycles. The number of nitrogens with one attached hydrogen (secondary N) is 2. The summed E-state index contributed by atoms with van der Waals surface area (Å²) in [7, 11) is 0. The highest BCUT2D eigenvalue weighted by atomic mass is 16.3. The van der Waals surface area contributed by atoms with Gasteiger partial charge in [-0.2, -0.15) is 0 Å². The van der Waals surface area contributed by atoms with Crippen LogP contribution in [0.5, 0.6) is 0 Å². The quantitative estimate of drug-likeness (QED) is 0.602. The summed E-state index contributed by atoms with van der Waals surface area (Å²) < 4.78 is 0. The monoisotopic (exact) mass is 238 g/mol. The molecule has 1 aromatic rings. The van der Waals surface area contributed by atoms with Crippen LogP contribution in [-0.4, -0.2) is 39.5 Å². The topological polar surface area (TPSA) is 104 Å². The lowest BCUT2D eigenvalue weighted by Gasteiger charge is -2.12. The molecule has 0 aliphatic rings. The van der Waals surface area contributed by atoms with Crippen molar-refractivity contribution in [1.29, 1.82) is 0 Å². The smallest absolute Gasteiger partial charge is 0.316 e. The van der Waals surface area contributed by atoms with Crippen molar-refractivity contribution in [2.45, 2.75) is 19.4 Å². The number of hydrogen-bond donors (Lipinski definition) is 3. The number of carbonyl (C=O) groups is 2. The fourth-order valence-electron chi connectivity index (χ4n) is 1.05. The van der Waals surface area contributed by atoms with Crippen LogP contribution in [0.1, 0.15) is 13.3 Å². The molecule has 2 amide bonds. The standard InChI is InChI=1S/C10H14N4O3/c1-2-7(6-15)13-8(16)9(17)14-10-11-4-3-5-12-10/h3-5,7,15H,2,6H2,1H3,(H,13,16)(H,11,12,14,17). The Morgan fingerprint density at radius 2 is 2.00 bits per heavy atom. The molecule has 0 radical (unpaired) electrons. The van der Waals surface area contributed by atoms with Crippen LogP contribution in [0.3, 0.4) is 0 Å². The Hall–Kier alpha value is -2.02. The van der Waals surface area contributed by atoms with E-state index in [0.29, 0.717) is 6.42 Å². The average Bonchev–Trinajstić information content (AvgIpc) is 2.36. The number of hydrogen-bond acceptors (Lipinski definition) is 5. The molecule has 3 N–H and O–H groups in total. The Balaban J connectivity index is 2.50. The van der Waals surface area contributed by atoms with E-state index in [4.69, 9.17) is 5.11 Å². The molecule has 0 fully saturated rings. The van der Waals surface area contributed by atoms with Crippen LogP contribution in [0, 0.1) is 0 Å². The lowest BCUT2D eigenvalue weighted by atomic mass is 10.2. The van der Waals surface area contributed by atoms with Gasteiger partial charge in [-0.3, -0.25) is 14.9 Å². The Labute approximate surface area is 98.3 Å². The fraction of sp³-hybridized carbons (Fsp3) is 0.400.